The van der Waals surface area contributed by atoms with Crippen molar-refractivity contribution in [3.63, 3.8) is 0 Å². The number of aromatic amines is 1. The molecule has 0 aliphatic carbocycles. The van der Waals surface area contributed by atoms with E-state index in [1.54, 1.807) is 16.7 Å². The van der Waals surface area contributed by atoms with Crippen molar-refractivity contribution in [2.45, 2.75) is 6.92 Å². The molecule has 0 spiro atoms. The first-order valence-corrected chi connectivity index (χ1v) is 7.47. The van der Waals surface area contributed by atoms with Crippen LogP contribution in [-0.2, 0) is 4.74 Å². The summed E-state index contributed by atoms with van der Waals surface area (Å²) in [5.74, 6) is -0.0280. The molecule has 6 nitrogen and oxygen atoms in total. The largest absolute Gasteiger partial charge is 0.450 e. The molecular weight excluding hydrogens is 282 g/mol. The second-order valence-corrected chi connectivity index (χ2v) is 5.25. The normalized spacial score (nSPS) is 15.1. The summed E-state index contributed by atoms with van der Waals surface area (Å²) < 4.78 is 4.98. The zero-order valence-electron chi connectivity index (χ0n) is 12.5. The number of nitrogens with zero attached hydrogens (tertiary/aromatic N) is 2. The lowest BCUT2D eigenvalue weighted by atomic mass is 10.2. The predicted molar refractivity (Wildman–Crippen MR) is 82.8 cm³/mol. The van der Waals surface area contributed by atoms with E-state index in [4.69, 9.17) is 4.74 Å². The summed E-state index contributed by atoms with van der Waals surface area (Å²) in [7, 11) is 0. The number of carbonyl (C=O) groups excluding carboxylic acids is 2. The summed E-state index contributed by atoms with van der Waals surface area (Å²) in [4.78, 5) is 30.7. The van der Waals surface area contributed by atoms with Crippen LogP contribution in [0.4, 0.5) is 4.79 Å². The number of nitrogens with one attached hydrogen (secondary N) is 1. The van der Waals surface area contributed by atoms with Gasteiger partial charge in [0.2, 0.25) is 0 Å². The van der Waals surface area contributed by atoms with Crippen LogP contribution in [0.1, 0.15) is 17.4 Å². The van der Waals surface area contributed by atoms with Crippen molar-refractivity contribution in [2.24, 2.45) is 0 Å². The number of carbonyl (C=O) groups is 2. The molecule has 0 radical (unpaired) electrons. The lowest BCUT2D eigenvalue weighted by molar-refractivity contribution is 0.0566. The summed E-state index contributed by atoms with van der Waals surface area (Å²) >= 11 is 0. The third-order valence-corrected chi connectivity index (χ3v) is 3.85. The molecule has 6 heteroatoms. The zero-order chi connectivity index (χ0) is 15.5. The summed E-state index contributed by atoms with van der Waals surface area (Å²) in [5.41, 5.74) is 1.54. The maximum Gasteiger partial charge on any atom is 0.409 e. The number of hydrogen-bond acceptors (Lipinski definition) is 3. The molecule has 2 amide bonds. The Balaban J connectivity index is 1.65. The van der Waals surface area contributed by atoms with Crippen molar-refractivity contribution >= 4 is 22.9 Å². The molecule has 1 saturated heterocycles. The monoisotopic (exact) mass is 301 g/mol. The fourth-order valence-electron chi connectivity index (χ4n) is 2.67. The van der Waals surface area contributed by atoms with Crippen LogP contribution in [-0.4, -0.2) is 59.6 Å². The Kier molecular flexibility index (Phi) is 4.00. The molecule has 116 valence electrons. The third-order valence-electron chi connectivity index (χ3n) is 3.85. The number of para-hydroxylation sites is 1. The number of fused-ring (bicyclic) bond motifs is 1. The molecule has 2 aromatic rings. The van der Waals surface area contributed by atoms with Crippen LogP contribution in [0.25, 0.3) is 10.9 Å². The van der Waals surface area contributed by atoms with E-state index in [9.17, 15) is 9.59 Å². The minimum atomic E-state index is -0.305. The molecule has 1 aromatic carbocycles. The number of aromatic nitrogens is 1. The molecule has 1 N–H and O–H groups in total. The van der Waals surface area contributed by atoms with E-state index in [1.165, 1.54) is 0 Å². The Morgan fingerprint density at radius 1 is 1.14 bits per heavy atom. The quantitative estimate of drug-likeness (QED) is 0.923. The van der Waals surface area contributed by atoms with Gasteiger partial charge < -0.3 is 19.5 Å². The van der Waals surface area contributed by atoms with Crippen molar-refractivity contribution in [1.82, 2.24) is 14.8 Å². The molecule has 22 heavy (non-hydrogen) atoms. The van der Waals surface area contributed by atoms with Gasteiger partial charge >= 0.3 is 6.09 Å². The molecule has 1 fully saturated rings. The van der Waals surface area contributed by atoms with Crippen LogP contribution in [0.15, 0.2) is 30.3 Å². The van der Waals surface area contributed by atoms with Crippen molar-refractivity contribution in [1.29, 1.82) is 0 Å². The topological polar surface area (TPSA) is 65.6 Å². The molecule has 3 rings (SSSR count). The van der Waals surface area contributed by atoms with E-state index in [-0.39, 0.29) is 12.0 Å². The number of rotatable bonds is 2. The fraction of sp³-hybridized carbons (Fsp3) is 0.375. The molecular formula is C16H19N3O3. The third kappa shape index (κ3) is 2.77. The standard InChI is InChI=1S/C16H19N3O3/c1-2-22-16(21)19-9-7-18(8-10-19)15(20)14-11-12-5-3-4-6-13(12)17-14/h3-6,11,17H,2,7-10H2,1H3. The maximum atomic E-state index is 12.5. The van der Waals surface area contributed by atoms with Crippen LogP contribution in [0.2, 0.25) is 0 Å². The van der Waals surface area contributed by atoms with E-state index >= 15 is 0 Å². The van der Waals surface area contributed by atoms with E-state index in [1.807, 2.05) is 30.3 Å². The Morgan fingerprint density at radius 3 is 2.50 bits per heavy atom. The van der Waals surface area contributed by atoms with Crippen LogP contribution in [0.5, 0.6) is 0 Å². The van der Waals surface area contributed by atoms with E-state index < -0.39 is 0 Å². The van der Waals surface area contributed by atoms with Crippen LogP contribution in [0.3, 0.4) is 0 Å². The van der Waals surface area contributed by atoms with Gasteiger partial charge in [-0.1, -0.05) is 18.2 Å². The first-order valence-electron chi connectivity index (χ1n) is 7.47. The predicted octanol–water partition coefficient (Wildman–Crippen LogP) is 2.08. The van der Waals surface area contributed by atoms with E-state index in [2.05, 4.69) is 4.98 Å². The van der Waals surface area contributed by atoms with Gasteiger partial charge in [-0.15, -0.1) is 0 Å². The number of H-pyrrole nitrogens is 1. The van der Waals surface area contributed by atoms with Gasteiger partial charge in [-0.3, -0.25) is 4.79 Å². The summed E-state index contributed by atoms with van der Waals surface area (Å²) in [6.45, 7) is 4.20. The lowest BCUT2D eigenvalue weighted by Crippen LogP contribution is -2.50. The van der Waals surface area contributed by atoms with Crippen LogP contribution in [0, 0.1) is 0 Å². The average Bonchev–Trinajstić information content (AvgIpc) is 2.98. The van der Waals surface area contributed by atoms with Crippen LogP contribution >= 0.6 is 0 Å². The highest BCUT2D eigenvalue weighted by molar-refractivity contribution is 5.98. The molecule has 0 atom stereocenters. The molecule has 2 heterocycles. The van der Waals surface area contributed by atoms with Gasteiger partial charge in [-0.2, -0.15) is 0 Å². The summed E-state index contributed by atoms with van der Waals surface area (Å²) in [5, 5.41) is 1.02. The Bertz CT molecular complexity index is 654. The van der Waals surface area contributed by atoms with Gasteiger partial charge in [0, 0.05) is 37.1 Å². The highest BCUT2D eigenvalue weighted by atomic mass is 16.6. The Labute approximate surface area is 128 Å². The number of ether oxygens (including phenoxy) is 1. The smallest absolute Gasteiger partial charge is 0.409 e. The zero-order valence-corrected chi connectivity index (χ0v) is 12.5. The lowest BCUT2D eigenvalue weighted by Gasteiger charge is -2.33. The number of piperazine rings is 1. The number of benzene rings is 1. The minimum Gasteiger partial charge on any atom is -0.450 e. The molecule has 1 aliphatic rings. The van der Waals surface area contributed by atoms with Crippen molar-refractivity contribution in [2.75, 3.05) is 32.8 Å². The summed E-state index contributed by atoms with van der Waals surface area (Å²) in [6, 6.07) is 9.68. The van der Waals surface area contributed by atoms with Crippen molar-refractivity contribution < 1.29 is 14.3 Å². The highest BCUT2D eigenvalue weighted by Crippen LogP contribution is 2.17. The fourth-order valence-corrected chi connectivity index (χ4v) is 2.67. The van der Waals surface area contributed by atoms with Gasteiger partial charge in [0.05, 0.1) is 6.61 Å². The second kappa shape index (κ2) is 6.09. The van der Waals surface area contributed by atoms with Crippen molar-refractivity contribution in [3.8, 4) is 0 Å². The van der Waals surface area contributed by atoms with E-state index in [0.29, 0.717) is 38.5 Å². The van der Waals surface area contributed by atoms with E-state index in [0.717, 1.165) is 10.9 Å². The Hall–Kier alpha value is -2.50. The molecule has 1 aromatic heterocycles. The Morgan fingerprint density at radius 2 is 1.82 bits per heavy atom. The SMILES string of the molecule is CCOC(=O)N1CCN(C(=O)c2cc3ccccc3[nH]2)CC1. The van der Waals surface area contributed by atoms with Gasteiger partial charge in [-0.25, -0.2) is 4.79 Å². The van der Waals surface area contributed by atoms with Gasteiger partial charge in [-0.05, 0) is 19.1 Å². The van der Waals surface area contributed by atoms with Gasteiger partial charge in [0.1, 0.15) is 5.69 Å². The molecule has 1 aliphatic heterocycles. The number of amides is 2. The second-order valence-electron chi connectivity index (χ2n) is 5.25. The number of hydrogen-bond donors (Lipinski definition) is 1. The maximum absolute atomic E-state index is 12.5. The van der Waals surface area contributed by atoms with Gasteiger partial charge in [0.25, 0.3) is 5.91 Å². The van der Waals surface area contributed by atoms with Crippen molar-refractivity contribution in [3.05, 3.63) is 36.0 Å². The average molecular weight is 301 g/mol. The summed E-state index contributed by atoms with van der Waals surface area (Å²) in [6.07, 6.45) is -0.305. The van der Waals surface area contributed by atoms with Gasteiger partial charge in [0.15, 0.2) is 0 Å². The minimum absolute atomic E-state index is 0.0280. The highest BCUT2D eigenvalue weighted by Gasteiger charge is 2.26. The molecule has 0 unspecified atom stereocenters. The first-order chi connectivity index (χ1) is 10.7. The first kappa shape index (κ1) is 14.4. The molecule has 0 bridgehead atoms. The molecule has 0 saturated carbocycles. The van der Waals surface area contributed by atoms with Crippen LogP contribution < -0.4 is 0 Å².